The molecule has 6 nitrogen and oxygen atoms in total. The van der Waals surface area contributed by atoms with Gasteiger partial charge in [-0.2, -0.15) is 5.10 Å². The van der Waals surface area contributed by atoms with Crippen LogP contribution in [0.1, 0.15) is 16.8 Å². The van der Waals surface area contributed by atoms with Crippen molar-refractivity contribution in [1.29, 1.82) is 0 Å². The van der Waals surface area contributed by atoms with Crippen LogP contribution >= 0.6 is 23.4 Å². The zero-order chi connectivity index (χ0) is 14.7. The van der Waals surface area contributed by atoms with Gasteiger partial charge in [-0.3, -0.25) is 0 Å². The number of rotatable bonds is 3. The van der Waals surface area contributed by atoms with Crippen LogP contribution in [0.25, 0.3) is 0 Å². The summed E-state index contributed by atoms with van der Waals surface area (Å²) in [6.45, 7) is 3.65. The maximum atomic E-state index is 8.90. The zero-order valence-corrected chi connectivity index (χ0v) is 12.4. The average molecular weight is 310 g/mol. The molecule has 2 heterocycles. The van der Waals surface area contributed by atoms with E-state index in [9.17, 15) is 0 Å². The first-order chi connectivity index (χ1) is 9.52. The summed E-state index contributed by atoms with van der Waals surface area (Å²) in [5, 5.41) is 21.9. The molecule has 0 unspecified atom stereocenters. The molecule has 2 aromatic heterocycles. The Kier molecular flexibility index (Phi) is 4.41. The lowest BCUT2D eigenvalue weighted by Crippen LogP contribution is -2.18. The molecule has 0 atom stereocenters. The number of aromatic nitrogens is 3. The number of amidine groups is 1. The van der Waals surface area contributed by atoms with Crippen LogP contribution in [0, 0.1) is 13.8 Å². The van der Waals surface area contributed by atoms with Gasteiger partial charge in [0.1, 0.15) is 10.1 Å². The van der Waals surface area contributed by atoms with Gasteiger partial charge < -0.3 is 10.9 Å². The largest absolute Gasteiger partial charge is 0.409 e. The molecule has 0 aromatic carbocycles. The molecule has 8 heteroatoms. The molecule has 0 aliphatic carbocycles. The molecule has 0 spiro atoms. The van der Waals surface area contributed by atoms with Crippen molar-refractivity contribution in [2.75, 3.05) is 0 Å². The van der Waals surface area contributed by atoms with Gasteiger partial charge in [0.2, 0.25) is 0 Å². The fourth-order valence-electron chi connectivity index (χ4n) is 1.53. The molecular weight excluding hydrogens is 298 g/mol. The van der Waals surface area contributed by atoms with Crippen LogP contribution < -0.4 is 5.73 Å². The van der Waals surface area contributed by atoms with E-state index in [1.807, 2.05) is 13.8 Å². The third-order valence-corrected chi connectivity index (χ3v) is 3.84. The molecule has 0 bridgehead atoms. The van der Waals surface area contributed by atoms with E-state index in [0.29, 0.717) is 20.6 Å². The third kappa shape index (κ3) is 3.00. The summed E-state index contributed by atoms with van der Waals surface area (Å²) in [5.74, 6) is -0.00281. The summed E-state index contributed by atoms with van der Waals surface area (Å²) in [6, 6.07) is 3.49. The van der Waals surface area contributed by atoms with E-state index in [4.69, 9.17) is 22.5 Å². The fourth-order valence-corrected chi connectivity index (χ4v) is 2.52. The second-order valence-electron chi connectivity index (χ2n) is 3.99. The van der Waals surface area contributed by atoms with E-state index < -0.39 is 0 Å². The predicted molar refractivity (Wildman–Crippen MR) is 77.4 cm³/mol. The smallest absolute Gasteiger partial charge is 0.173 e. The minimum absolute atomic E-state index is 0.00281. The number of halogens is 1. The summed E-state index contributed by atoms with van der Waals surface area (Å²) in [7, 11) is 0. The standard InChI is InChI=1S/C12H12ClN5OS/c1-6-7(2)16-17-12(10(6)11(14)18-19)20-9-4-3-8(13)5-15-9/h3-5,19H,1-2H3,(H2,14,18). The van der Waals surface area contributed by atoms with Gasteiger partial charge in [-0.1, -0.05) is 16.8 Å². The molecular formula is C12H12ClN5OS. The van der Waals surface area contributed by atoms with Crippen molar-refractivity contribution in [3.05, 3.63) is 40.2 Å². The SMILES string of the molecule is Cc1nnc(Sc2ccc(Cl)cn2)c(C(N)=NO)c1C. The van der Waals surface area contributed by atoms with Crippen molar-refractivity contribution in [3.63, 3.8) is 0 Å². The van der Waals surface area contributed by atoms with Crippen molar-refractivity contribution in [2.45, 2.75) is 23.9 Å². The topological polar surface area (TPSA) is 97.3 Å². The summed E-state index contributed by atoms with van der Waals surface area (Å²) >= 11 is 7.07. The highest BCUT2D eigenvalue weighted by Gasteiger charge is 2.16. The lowest BCUT2D eigenvalue weighted by molar-refractivity contribution is 0.318. The molecule has 104 valence electrons. The van der Waals surface area contributed by atoms with Crippen LogP contribution in [0.4, 0.5) is 0 Å². The van der Waals surface area contributed by atoms with E-state index in [1.165, 1.54) is 11.8 Å². The Morgan fingerprint density at radius 2 is 2.10 bits per heavy atom. The van der Waals surface area contributed by atoms with Gasteiger partial charge in [-0.05, 0) is 43.3 Å². The van der Waals surface area contributed by atoms with Crippen molar-refractivity contribution in [1.82, 2.24) is 15.2 Å². The minimum atomic E-state index is -0.00281. The van der Waals surface area contributed by atoms with Crippen molar-refractivity contribution >= 4 is 29.2 Å². The number of pyridine rings is 1. The lowest BCUT2D eigenvalue weighted by atomic mass is 10.1. The number of nitrogens with zero attached hydrogens (tertiary/aromatic N) is 4. The number of nitrogens with two attached hydrogens (primary N) is 1. The molecule has 0 saturated carbocycles. The number of oxime groups is 1. The Hall–Kier alpha value is -1.86. The average Bonchev–Trinajstić information content (AvgIpc) is 2.45. The molecule has 20 heavy (non-hydrogen) atoms. The predicted octanol–water partition coefficient (Wildman–Crippen LogP) is 2.39. The Morgan fingerprint density at radius 3 is 2.70 bits per heavy atom. The molecule has 0 saturated heterocycles. The van der Waals surface area contributed by atoms with E-state index in [2.05, 4.69) is 20.3 Å². The molecule has 2 aromatic rings. The Bertz CT molecular complexity index is 660. The van der Waals surface area contributed by atoms with E-state index >= 15 is 0 Å². The molecule has 0 aliphatic heterocycles. The highest BCUT2D eigenvalue weighted by Crippen LogP contribution is 2.29. The van der Waals surface area contributed by atoms with Crippen LogP contribution in [0.15, 0.2) is 33.5 Å². The van der Waals surface area contributed by atoms with Gasteiger partial charge in [-0.25, -0.2) is 4.98 Å². The second kappa shape index (κ2) is 6.06. The van der Waals surface area contributed by atoms with Crippen LogP contribution in [0.5, 0.6) is 0 Å². The molecule has 0 amide bonds. The van der Waals surface area contributed by atoms with Gasteiger partial charge in [0.05, 0.1) is 16.3 Å². The molecule has 0 radical (unpaired) electrons. The maximum Gasteiger partial charge on any atom is 0.173 e. The van der Waals surface area contributed by atoms with E-state index in [-0.39, 0.29) is 5.84 Å². The number of hydrogen-bond acceptors (Lipinski definition) is 6. The lowest BCUT2D eigenvalue weighted by Gasteiger charge is -2.10. The first-order valence-electron chi connectivity index (χ1n) is 5.64. The van der Waals surface area contributed by atoms with Crippen molar-refractivity contribution in [2.24, 2.45) is 10.9 Å². The zero-order valence-electron chi connectivity index (χ0n) is 10.8. The van der Waals surface area contributed by atoms with Crippen molar-refractivity contribution in [3.8, 4) is 0 Å². The van der Waals surface area contributed by atoms with Crippen molar-refractivity contribution < 1.29 is 5.21 Å². The van der Waals surface area contributed by atoms with Crippen LogP contribution in [0.2, 0.25) is 5.02 Å². The van der Waals surface area contributed by atoms with Crippen LogP contribution in [0.3, 0.4) is 0 Å². The summed E-state index contributed by atoms with van der Waals surface area (Å²) in [4.78, 5) is 4.17. The summed E-state index contributed by atoms with van der Waals surface area (Å²) in [5.41, 5.74) is 7.81. The van der Waals surface area contributed by atoms with Gasteiger partial charge >= 0.3 is 0 Å². The number of aryl methyl sites for hydroxylation is 1. The molecule has 2 rings (SSSR count). The third-order valence-electron chi connectivity index (χ3n) is 2.69. The highest BCUT2D eigenvalue weighted by molar-refractivity contribution is 7.99. The normalized spacial score (nSPS) is 11.7. The first-order valence-corrected chi connectivity index (χ1v) is 6.83. The maximum absolute atomic E-state index is 8.90. The van der Waals surface area contributed by atoms with E-state index in [0.717, 1.165) is 11.3 Å². The number of hydrogen-bond donors (Lipinski definition) is 2. The quantitative estimate of drug-likeness (QED) is 0.391. The van der Waals surface area contributed by atoms with Crippen LogP contribution in [-0.4, -0.2) is 26.2 Å². The van der Waals surface area contributed by atoms with Gasteiger partial charge in [0.25, 0.3) is 0 Å². The Labute approximate surface area is 125 Å². The first kappa shape index (κ1) is 14.5. The van der Waals surface area contributed by atoms with Gasteiger partial charge in [-0.15, -0.1) is 5.10 Å². The molecule has 0 aliphatic rings. The molecule has 3 N–H and O–H groups in total. The second-order valence-corrected chi connectivity index (χ2v) is 5.44. The minimum Gasteiger partial charge on any atom is -0.409 e. The monoisotopic (exact) mass is 309 g/mol. The van der Waals surface area contributed by atoms with Gasteiger partial charge in [0.15, 0.2) is 5.84 Å². The Morgan fingerprint density at radius 1 is 1.35 bits per heavy atom. The molecule has 0 fully saturated rings. The van der Waals surface area contributed by atoms with Gasteiger partial charge in [0, 0.05) is 6.20 Å². The summed E-state index contributed by atoms with van der Waals surface area (Å²) < 4.78 is 0. The fraction of sp³-hybridized carbons (Fsp3) is 0.167. The Balaban J connectivity index is 2.46. The summed E-state index contributed by atoms with van der Waals surface area (Å²) in [6.07, 6.45) is 1.54. The highest BCUT2D eigenvalue weighted by atomic mass is 35.5. The van der Waals surface area contributed by atoms with E-state index in [1.54, 1.807) is 18.3 Å². The van der Waals surface area contributed by atoms with Crippen LogP contribution in [-0.2, 0) is 0 Å².